The highest BCUT2D eigenvalue weighted by molar-refractivity contribution is 5.75. The van der Waals surface area contributed by atoms with Crippen molar-refractivity contribution in [3.63, 3.8) is 0 Å². The Hall–Kier alpha value is -2.41. The number of benzene rings is 1. The fourth-order valence-corrected chi connectivity index (χ4v) is 2.94. The largest absolute Gasteiger partial charge is 0.491 e. The first-order valence-corrected chi connectivity index (χ1v) is 9.19. The Labute approximate surface area is 154 Å². The number of nitrogens with one attached hydrogen (secondary N) is 1. The molecule has 2 aromatic rings. The van der Waals surface area contributed by atoms with Gasteiger partial charge in [0, 0.05) is 18.7 Å². The lowest BCUT2D eigenvalue weighted by Crippen LogP contribution is -2.31. The molecule has 1 aromatic heterocycles. The second-order valence-electron chi connectivity index (χ2n) is 7.11. The van der Waals surface area contributed by atoms with Crippen LogP contribution in [0.25, 0.3) is 0 Å². The van der Waals surface area contributed by atoms with Crippen molar-refractivity contribution < 1.29 is 9.53 Å². The molecule has 2 bridgehead atoms. The number of carbonyl (C=O) groups is 1. The summed E-state index contributed by atoms with van der Waals surface area (Å²) in [5.41, 5.74) is 2.02. The zero-order chi connectivity index (χ0) is 18.4. The third kappa shape index (κ3) is 5.29. The number of rotatable bonds is 3. The molecule has 0 saturated heterocycles. The minimum atomic E-state index is -0.0907. The highest BCUT2D eigenvalue weighted by Crippen LogP contribution is 2.21. The zero-order valence-electron chi connectivity index (χ0n) is 15.5. The molecule has 1 N–H and O–H groups in total. The van der Waals surface area contributed by atoms with E-state index in [1.807, 2.05) is 24.4 Å². The summed E-state index contributed by atoms with van der Waals surface area (Å²) in [6.45, 7) is 8.01. The Kier molecular flexibility index (Phi) is 6.22. The predicted octanol–water partition coefficient (Wildman–Crippen LogP) is 1.83. The second-order valence-corrected chi connectivity index (χ2v) is 7.11. The van der Waals surface area contributed by atoms with Crippen LogP contribution in [0.15, 0.2) is 30.5 Å². The van der Waals surface area contributed by atoms with E-state index < -0.39 is 0 Å². The van der Waals surface area contributed by atoms with Crippen LogP contribution >= 0.6 is 0 Å². The summed E-state index contributed by atoms with van der Waals surface area (Å²) in [7, 11) is 0. The minimum Gasteiger partial charge on any atom is -0.491 e. The maximum Gasteiger partial charge on any atom is 0.241 e. The van der Waals surface area contributed by atoms with E-state index in [9.17, 15) is 4.79 Å². The number of ether oxygens (including phenoxy) is 1. The number of nitrogens with zero attached hydrogens (tertiary/aromatic N) is 4. The van der Waals surface area contributed by atoms with Gasteiger partial charge in [-0.1, -0.05) is 37.3 Å². The highest BCUT2D eigenvalue weighted by Gasteiger charge is 2.15. The predicted molar refractivity (Wildman–Crippen MR) is 98.5 cm³/mol. The Morgan fingerprint density at radius 3 is 2.92 bits per heavy atom. The van der Waals surface area contributed by atoms with Crippen LogP contribution in [0.2, 0.25) is 0 Å². The van der Waals surface area contributed by atoms with Crippen LogP contribution in [-0.2, 0) is 24.4 Å². The van der Waals surface area contributed by atoms with E-state index in [0.717, 1.165) is 36.5 Å². The SMILES string of the molecule is CC(C)CCN1Cc2cn(nn2)CC(=O)NCCOc2ccccc2C1. The molecule has 1 aliphatic rings. The fourth-order valence-electron chi connectivity index (χ4n) is 2.94. The van der Waals surface area contributed by atoms with Gasteiger partial charge in [0.15, 0.2) is 0 Å². The normalized spacial score (nSPS) is 16.5. The zero-order valence-corrected chi connectivity index (χ0v) is 15.5. The van der Waals surface area contributed by atoms with E-state index in [0.29, 0.717) is 25.6 Å². The summed E-state index contributed by atoms with van der Waals surface area (Å²) < 4.78 is 7.50. The molecule has 26 heavy (non-hydrogen) atoms. The first kappa shape index (κ1) is 18.4. The maximum absolute atomic E-state index is 12.0. The number of aromatic nitrogens is 3. The average Bonchev–Trinajstić information content (AvgIpc) is 3.04. The van der Waals surface area contributed by atoms with Crippen molar-refractivity contribution in [2.45, 2.75) is 39.9 Å². The van der Waals surface area contributed by atoms with E-state index in [1.165, 1.54) is 0 Å². The molecule has 0 fully saturated rings. The van der Waals surface area contributed by atoms with Crippen molar-refractivity contribution in [3.05, 3.63) is 41.7 Å². The minimum absolute atomic E-state index is 0.0907. The van der Waals surface area contributed by atoms with Crippen LogP contribution in [0.4, 0.5) is 0 Å². The molecule has 0 atom stereocenters. The van der Waals surface area contributed by atoms with Gasteiger partial charge in [-0.3, -0.25) is 9.69 Å². The standard InChI is InChI=1S/C19H27N5O2/c1-15(2)7-9-23-11-16-5-3-4-6-18(16)26-10-8-20-19(25)14-24-13-17(12-23)21-22-24/h3-6,13,15H,7-12,14H2,1-2H3,(H,20,25). The van der Waals surface area contributed by atoms with Gasteiger partial charge in [0.2, 0.25) is 5.91 Å². The lowest BCUT2D eigenvalue weighted by molar-refractivity contribution is -0.121. The molecule has 7 heteroatoms. The Bertz CT molecular complexity index is 728. The fraction of sp³-hybridized carbons (Fsp3) is 0.526. The molecular weight excluding hydrogens is 330 g/mol. The van der Waals surface area contributed by atoms with Gasteiger partial charge in [-0.15, -0.1) is 5.10 Å². The van der Waals surface area contributed by atoms with Crippen LogP contribution in [0, 0.1) is 5.92 Å². The van der Waals surface area contributed by atoms with E-state index in [-0.39, 0.29) is 12.5 Å². The van der Waals surface area contributed by atoms with Crippen LogP contribution in [0.3, 0.4) is 0 Å². The smallest absolute Gasteiger partial charge is 0.241 e. The number of fused-ring (bicyclic) bond motifs is 3. The molecule has 1 aromatic carbocycles. The first-order valence-electron chi connectivity index (χ1n) is 9.19. The van der Waals surface area contributed by atoms with Crippen molar-refractivity contribution in [2.75, 3.05) is 19.7 Å². The van der Waals surface area contributed by atoms with Gasteiger partial charge in [0.05, 0.1) is 18.4 Å². The molecule has 0 saturated carbocycles. The number of hydrogen-bond acceptors (Lipinski definition) is 5. The van der Waals surface area contributed by atoms with E-state index in [4.69, 9.17) is 4.74 Å². The van der Waals surface area contributed by atoms with Crippen molar-refractivity contribution in [2.24, 2.45) is 5.92 Å². The van der Waals surface area contributed by atoms with Crippen molar-refractivity contribution in [3.8, 4) is 5.75 Å². The van der Waals surface area contributed by atoms with Crippen LogP contribution in [-0.4, -0.2) is 45.5 Å². The quantitative estimate of drug-likeness (QED) is 0.907. The molecule has 2 heterocycles. The van der Waals surface area contributed by atoms with Gasteiger partial charge < -0.3 is 10.1 Å². The maximum atomic E-state index is 12.0. The van der Waals surface area contributed by atoms with Crippen molar-refractivity contribution in [1.29, 1.82) is 0 Å². The summed E-state index contributed by atoms with van der Waals surface area (Å²) >= 11 is 0. The number of amides is 1. The first-order chi connectivity index (χ1) is 12.6. The number of carbonyl (C=O) groups excluding carboxylic acids is 1. The van der Waals surface area contributed by atoms with Crippen LogP contribution in [0.5, 0.6) is 5.75 Å². The second kappa shape index (κ2) is 8.80. The van der Waals surface area contributed by atoms with Gasteiger partial charge in [-0.25, -0.2) is 4.68 Å². The van der Waals surface area contributed by atoms with E-state index in [2.05, 4.69) is 40.4 Å². The topological polar surface area (TPSA) is 72.3 Å². The molecule has 0 radical (unpaired) electrons. The van der Waals surface area contributed by atoms with Crippen molar-refractivity contribution in [1.82, 2.24) is 25.2 Å². The Morgan fingerprint density at radius 1 is 1.23 bits per heavy atom. The van der Waals surface area contributed by atoms with Crippen LogP contribution in [0.1, 0.15) is 31.5 Å². The molecule has 1 aliphatic heterocycles. The number of hydrogen-bond donors (Lipinski definition) is 1. The van der Waals surface area contributed by atoms with Gasteiger partial charge in [0.25, 0.3) is 0 Å². The van der Waals surface area contributed by atoms with Gasteiger partial charge >= 0.3 is 0 Å². The molecule has 0 aliphatic carbocycles. The van der Waals surface area contributed by atoms with Gasteiger partial charge in [-0.05, 0) is 24.9 Å². The summed E-state index contributed by atoms with van der Waals surface area (Å²) in [5.74, 6) is 1.41. The molecule has 1 amide bonds. The summed E-state index contributed by atoms with van der Waals surface area (Å²) in [6.07, 6.45) is 2.97. The number of para-hydroxylation sites is 1. The van der Waals surface area contributed by atoms with Crippen molar-refractivity contribution >= 4 is 5.91 Å². The summed E-state index contributed by atoms with van der Waals surface area (Å²) in [5, 5.41) is 11.2. The highest BCUT2D eigenvalue weighted by atomic mass is 16.5. The lowest BCUT2D eigenvalue weighted by Gasteiger charge is -2.23. The van der Waals surface area contributed by atoms with E-state index >= 15 is 0 Å². The summed E-state index contributed by atoms with van der Waals surface area (Å²) in [6, 6.07) is 8.09. The lowest BCUT2D eigenvalue weighted by atomic mass is 10.1. The third-order valence-corrected chi connectivity index (χ3v) is 4.35. The molecular formula is C19H27N5O2. The molecule has 0 spiro atoms. The van der Waals surface area contributed by atoms with Gasteiger partial charge in [-0.2, -0.15) is 0 Å². The Balaban J connectivity index is 1.83. The molecule has 0 unspecified atom stereocenters. The molecule has 7 nitrogen and oxygen atoms in total. The summed E-state index contributed by atoms with van der Waals surface area (Å²) in [4.78, 5) is 14.3. The van der Waals surface area contributed by atoms with Crippen LogP contribution < -0.4 is 10.1 Å². The molecule has 3 rings (SSSR count). The van der Waals surface area contributed by atoms with Gasteiger partial charge in [0.1, 0.15) is 18.9 Å². The molecule has 140 valence electrons. The Morgan fingerprint density at radius 2 is 2.08 bits per heavy atom. The van der Waals surface area contributed by atoms with E-state index in [1.54, 1.807) is 4.68 Å². The third-order valence-electron chi connectivity index (χ3n) is 4.35. The monoisotopic (exact) mass is 357 g/mol. The average molecular weight is 357 g/mol.